The Morgan fingerprint density at radius 2 is 0.825 bits per heavy atom. The molecule has 0 bridgehead atoms. The monoisotopic (exact) mass is 510 g/mol. The van der Waals surface area contributed by atoms with Crippen molar-refractivity contribution in [2.75, 3.05) is 0 Å². The van der Waals surface area contributed by atoms with Crippen LogP contribution in [-0.2, 0) is 10.8 Å². The zero-order valence-corrected chi connectivity index (χ0v) is 21.5. The quantitative estimate of drug-likeness (QED) is 0.221. The van der Waals surface area contributed by atoms with Crippen LogP contribution in [0.4, 0.5) is 0 Å². The minimum atomic E-state index is -0.597. The van der Waals surface area contributed by atoms with Crippen molar-refractivity contribution in [2.24, 2.45) is 0 Å². The Morgan fingerprint density at radius 1 is 0.400 bits per heavy atom. The Labute approximate surface area is 230 Å². The molecule has 10 rings (SSSR count). The van der Waals surface area contributed by atoms with Crippen LogP contribution < -0.4 is 0 Å². The van der Waals surface area contributed by atoms with Crippen LogP contribution in [0.15, 0.2) is 132 Å². The molecule has 0 spiro atoms. The number of aromatic hydroxyl groups is 1. The second kappa shape index (κ2) is 6.73. The van der Waals surface area contributed by atoms with E-state index in [4.69, 9.17) is 4.42 Å². The van der Waals surface area contributed by atoms with Gasteiger partial charge in [-0.25, -0.2) is 0 Å². The molecule has 7 aromatic rings. The molecule has 3 aliphatic carbocycles. The molecule has 0 radical (unpaired) electrons. The van der Waals surface area contributed by atoms with Crippen LogP contribution >= 0.6 is 0 Å². The van der Waals surface area contributed by atoms with E-state index in [-0.39, 0.29) is 5.75 Å². The largest absolute Gasteiger partial charge is 0.504 e. The second-order valence-electron chi connectivity index (χ2n) is 11.3. The lowest BCUT2D eigenvalue weighted by Crippen LogP contribution is -2.57. The van der Waals surface area contributed by atoms with Crippen molar-refractivity contribution in [3.05, 3.63) is 161 Å². The van der Waals surface area contributed by atoms with E-state index >= 15 is 0 Å². The minimum Gasteiger partial charge on any atom is -0.504 e. The van der Waals surface area contributed by atoms with Gasteiger partial charge >= 0.3 is 0 Å². The highest BCUT2D eigenvalue weighted by atomic mass is 16.4. The number of furan rings is 1. The standard InChI is InChI=1S/C38H22O2/c39-32-21-20-31-35-34-30(18-9-19-33(34)40-36(32)35)37-26-14-5-1-10-22(26)24-12-3-7-16-28(24)38(31,37)29-17-8-4-13-25(29)23-11-2-6-15-27(23)37/h1-21,39H. The van der Waals surface area contributed by atoms with Gasteiger partial charge in [0.1, 0.15) is 5.58 Å². The van der Waals surface area contributed by atoms with Crippen molar-refractivity contribution in [3.8, 4) is 28.0 Å². The lowest BCUT2D eigenvalue weighted by atomic mass is 9.39. The Bertz CT molecular complexity index is 2160. The predicted octanol–water partition coefficient (Wildman–Crippen LogP) is 8.93. The van der Waals surface area contributed by atoms with Crippen molar-refractivity contribution in [3.63, 3.8) is 0 Å². The van der Waals surface area contributed by atoms with Crippen LogP contribution in [0.2, 0.25) is 0 Å². The molecule has 0 unspecified atom stereocenters. The van der Waals surface area contributed by atoms with Crippen LogP contribution in [0, 0.1) is 0 Å². The Hall–Kier alpha value is -5.08. The van der Waals surface area contributed by atoms with E-state index in [0.717, 1.165) is 16.4 Å². The number of hydrogen-bond donors (Lipinski definition) is 1. The van der Waals surface area contributed by atoms with Crippen LogP contribution in [0.1, 0.15) is 33.4 Å². The van der Waals surface area contributed by atoms with Crippen molar-refractivity contribution in [1.82, 2.24) is 0 Å². The fourth-order valence-electron chi connectivity index (χ4n) is 8.79. The molecule has 2 nitrogen and oxygen atoms in total. The third-order valence-corrected chi connectivity index (χ3v) is 9.90. The first kappa shape index (κ1) is 20.8. The van der Waals surface area contributed by atoms with E-state index in [1.165, 1.54) is 55.6 Å². The van der Waals surface area contributed by atoms with Gasteiger partial charge in [-0.2, -0.15) is 0 Å². The molecule has 186 valence electrons. The number of benzene rings is 6. The molecule has 0 amide bonds. The highest BCUT2D eigenvalue weighted by Gasteiger charge is 2.66. The van der Waals surface area contributed by atoms with Gasteiger partial charge in [-0.05, 0) is 67.8 Å². The van der Waals surface area contributed by atoms with E-state index in [1.54, 1.807) is 0 Å². The molecule has 1 aromatic heterocycles. The predicted molar refractivity (Wildman–Crippen MR) is 159 cm³/mol. The highest BCUT2D eigenvalue weighted by molar-refractivity contribution is 6.16. The summed E-state index contributed by atoms with van der Waals surface area (Å²) in [6.45, 7) is 0. The van der Waals surface area contributed by atoms with E-state index < -0.39 is 10.8 Å². The molecule has 1 heterocycles. The number of rotatable bonds is 0. The van der Waals surface area contributed by atoms with Gasteiger partial charge in [0, 0.05) is 10.8 Å². The van der Waals surface area contributed by atoms with E-state index in [0.29, 0.717) is 5.58 Å². The lowest BCUT2D eigenvalue weighted by Gasteiger charge is -2.61. The fourth-order valence-corrected chi connectivity index (χ4v) is 8.79. The Morgan fingerprint density at radius 3 is 1.32 bits per heavy atom. The zero-order valence-electron chi connectivity index (χ0n) is 21.5. The van der Waals surface area contributed by atoms with E-state index in [9.17, 15) is 5.11 Å². The molecule has 1 N–H and O–H groups in total. The molecule has 0 fully saturated rings. The molecule has 6 aromatic carbocycles. The number of phenols is 1. The van der Waals surface area contributed by atoms with Crippen molar-refractivity contribution in [1.29, 1.82) is 0 Å². The van der Waals surface area contributed by atoms with Gasteiger partial charge in [0.25, 0.3) is 0 Å². The molecule has 0 atom stereocenters. The summed E-state index contributed by atoms with van der Waals surface area (Å²) in [7, 11) is 0. The first-order valence-corrected chi connectivity index (χ1v) is 13.8. The first-order chi connectivity index (χ1) is 19.8. The summed E-state index contributed by atoms with van der Waals surface area (Å²) in [6, 6.07) is 46.3. The maximum Gasteiger partial charge on any atom is 0.177 e. The minimum absolute atomic E-state index is 0.179. The summed E-state index contributed by atoms with van der Waals surface area (Å²) in [6.07, 6.45) is 0. The molecular weight excluding hydrogens is 488 g/mol. The average Bonchev–Trinajstić information content (AvgIpc) is 3.42. The van der Waals surface area contributed by atoms with Gasteiger partial charge in [-0.1, -0.05) is 115 Å². The Kier molecular flexibility index (Phi) is 3.50. The molecule has 2 heteroatoms. The van der Waals surface area contributed by atoms with Crippen molar-refractivity contribution in [2.45, 2.75) is 10.8 Å². The average molecular weight is 511 g/mol. The third kappa shape index (κ3) is 1.96. The number of hydrogen-bond acceptors (Lipinski definition) is 2. The fraction of sp³-hybridized carbons (Fsp3) is 0.0526. The van der Waals surface area contributed by atoms with Gasteiger partial charge in [-0.15, -0.1) is 0 Å². The van der Waals surface area contributed by atoms with Crippen LogP contribution in [0.5, 0.6) is 5.75 Å². The molecule has 0 saturated carbocycles. The summed E-state index contributed by atoms with van der Waals surface area (Å²) >= 11 is 0. The van der Waals surface area contributed by atoms with Crippen molar-refractivity contribution >= 4 is 21.9 Å². The van der Waals surface area contributed by atoms with Gasteiger partial charge in [-0.3, -0.25) is 0 Å². The van der Waals surface area contributed by atoms with E-state index in [2.05, 4.69) is 115 Å². The summed E-state index contributed by atoms with van der Waals surface area (Å²) in [5, 5.41) is 13.2. The van der Waals surface area contributed by atoms with Crippen LogP contribution in [0.3, 0.4) is 0 Å². The molecule has 3 aliphatic rings. The lowest BCUT2D eigenvalue weighted by molar-refractivity contribution is 0.411. The Balaban J connectivity index is 1.62. The maximum atomic E-state index is 11.1. The molecule has 40 heavy (non-hydrogen) atoms. The van der Waals surface area contributed by atoms with Gasteiger partial charge in [0.05, 0.1) is 10.8 Å². The first-order valence-electron chi connectivity index (χ1n) is 13.8. The zero-order chi connectivity index (χ0) is 26.2. The van der Waals surface area contributed by atoms with Crippen LogP contribution in [0.25, 0.3) is 44.2 Å². The molecule has 0 aliphatic heterocycles. The topological polar surface area (TPSA) is 33.4 Å². The summed E-state index contributed by atoms with van der Waals surface area (Å²) in [5.74, 6) is 0.179. The van der Waals surface area contributed by atoms with Crippen molar-refractivity contribution < 1.29 is 9.52 Å². The maximum absolute atomic E-state index is 11.1. The molecular formula is C38H22O2. The van der Waals surface area contributed by atoms with Gasteiger partial charge in [0.2, 0.25) is 0 Å². The van der Waals surface area contributed by atoms with Crippen LogP contribution in [-0.4, -0.2) is 5.11 Å². The smallest absolute Gasteiger partial charge is 0.177 e. The number of fused-ring (bicyclic) bond motifs is 6. The summed E-state index contributed by atoms with van der Waals surface area (Å²) < 4.78 is 6.49. The SMILES string of the molecule is Oc1ccc2c3c1oc1cccc(c13)C13c4ccccc4-c4ccccc4C21c1ccccc1-c1ccccc13. The normalized spacial score (nSPS) is 20.8. The second-order valence-corrected chi connectivity index (χ2v) is 11.3. The summed E-state index contributed by atoms with van der Waals surface area (Å²) in [4.78, 5) is 0. The molecule has 0 saturated heterocycles. The highest BCUT2D eigenvalue weighted by Crippen LogP contribution is 2.73. The van der Waals surface area contributed by atoms with Gasteiger partial charge < -0.3 is 9.52 Å². The van der Waals surface area contributed by atoms with Gasteiger partial charge in [0.15, 0.2) is 11.3 Å². The number of phenolic OH excluding ortho intramolecular Hbond substituents is 1. The summed E-state index contributed by atoms with van der Waals surface area (Å²) in [5.41, 5.74) is 12.8. The van der Waals surface area contributed by atoms with E-state index in [1.807, 2.05) is 12.1 Å². The third-order valence-electron chi connectivity index (χ3n) is 9.90.